The summed E-state index contributed by atoms with van der Waals surface area (Å²) < 4.78 is 0. The van der Waals surface area contributed by atoms with Crippen LogP contribution >= 0.6 is 0 Å². The molecule has 4 nitrogen and oxygen atoms in total. The average molecular weight is 117 g/mol. The molecule has 0 spiro atoms. The second-order valence-electron chi connectivity index (χ2n) is 1.23. The van der Waals surface area contributed by atoms with Crippen LogP contribution in [0.4, 0.5) is 4.79 Å². The summed E-state index contributed by atoms with van der Waals surface area (Å²) in [6, 6.07) is -0.216. The first-order valence-corrected chi connectivity index (χ1v) is 2.51. The lowest BCUT2D eigenvalue weighted by molar-refractivity contribution is 0.239. The summed E-state index contributed by atoms with van der Waals surface area (Å²) in [5.41, 5.74) is 5.02. The first-order valence-electron chi connectivity index (χ1n) is 2.51. The quantitative estimate of drug-likeness (QED) is 0.425. The van der Waals surface area contributed by atoms with E-state index in [4.69, 9.17) is 0 Å². The maximum Gasteiger partial charge on any atom is 0.328 e. The first kappa shape index (κ1) is 7.23. The van der Waals surface area contributed by atoms with E-state index in [1.165, 1.54) is 0 Å². The van der Waals surface area contributed by atoms with Gasteiger partial charge in [0.15, 0.2) is 0 Å². The Bertz CT molecular complexity index is 73.7. The Morgan fingerprint density at radius 1 is 1.62 bits per heavy atom. The number of rotatable bonds is 2. The van der Waals surface area contributed by atoms with Gasteiger partial charge in [-0.3, -0.25) is 5.43 Å². The first-order chi connectivity index (χ1) is 3.81. The van der Waals surface area contributed by atoms with E-state index in [0.29, 0.717) is 0 Å². The van der Waals surface area contributed by atoms with E-state index in [9.17, 15) is 4.79 Å². The van der Waals surface area contributed by atoms with Crippen LogP contribution in [-0.4, -0.2) is 19.6 Å². The standard InChI is InChI=1S/C4H11N3O/c1-3-6-7-4(8)5-2/h6H,3H2,1-2H3,(H2,5,7,8). The molecule has 0 saturated heterocycles. The number of hydrogen-bond acceptors (Lipinski definition) is 2. The van der Waals surface area contributed by atoms with Crippen molar-refractivity contribution in [3.8, 4) is 0 Å². The van der Waals surface area contributed by atoms with Crippen LogP contribution in [0.5, 0.6) is 0 Å². The molecule has 0 aromatic carbocycles. The molecule has 48 valence electrons. The number of hydrazine groups is 1. The largest absolute Gasteiger partial charge is 0.340 e. The molecule has 0 aliphatic carbocycles. The zero-order valence-corrected chi connectivity index (χ0v) is 5.12. The minimum absolute atomic E-state index is 0.216. The Kier molecular flexibility index (Phi) is 3.97. The molecule has 0 unspecified atom stereocenters. The third-order valence-corrected chi connectivity index (χ3v) is 0.606. The van der Waals surface area contributed by atoms with Crippen molar-refractivity contribution in [1.29, 1.82) is 0 Å². The van der Waals surface area contributed by atoms with E-state index >= 15 is 0 Å². The van der Waals surface area contributed by atoms with Gasteiger partial charge in [-0.05, 0) is 0 Å². The van der Waals surface area contributed by atoms with Crippen molar-refractivity contribution in [2.45, 2.75) is 6.92 Å². The van der Waals surface area contributed by atoms with Crippen molar-refractivity contribution in [3.63, 3.8) is 0 Å². The van der Waals surface area contributed by atoms with Crippen molar-refractivity contribution in [2.24, 2.45) is 0 Å². The van der Waals surface area contributed by atoms with Crippen molar-refractivity contribution in [1.82, 2.24) is 16.2 Å². The van der Waals surface area contributed by atoms with Crippen molar-refractivity contribution in [2.75, 3.05) is 13.6 Å². The lowest BCUT2D eigenvalue weighted by atomic mass is 10.8. The number of nitrogens with one attached hydrogen (secondary N) is 3. The summed E-state index contributed by atoms with van der Waals surface area (Å²) in [7, 11) is 1.56. The summed E-state index contributed by atoms with van der Waals surface area (Å²) in [6.45, 7) is 2.63. The molecule has 2 amide bonds. The number of hydrogen-bond donors (Lipinski definition) is 3. The van der Waals surface area contributed by atoms with E-state index in [0.717, 1.165) is 6.54 Å². The van der Waals surface area contributed by atoms with Crippen LogP contribution in [0.15, 0.2) is 0 Å². The number of urea groups is 1. The van der Waals surface area contributed by atoms with Gasteiger partial charge in [0.2, 0.25) is 0 Å². The van der Waals surface area contributed by atoms with E-state index in [2.05, 4.69) is 16.2 Å². The van der Waals surface area contributed by atoms with Gasteiger partial charge in [0.25, 0.3) is 0 Å². The molecule has 0 radical (unpaired) electrons. The highest BCUT2D eigenvalue weighted by molar-refractivity contribution is 5.72. The zero-order valence-electron chi connectivity index (χ0n) is 5.12. The molecule has 0 atom stereocenters. The van der Waals surface area contributed by atoms with E-state index in [-0.39, 0.29) is 6.03 Å². The smallest absolute Gasteiger partial charge is 0.328 e. The van der Waals surface area contributed by atoms with E-state index in [1.54, 1.807) is 7.05 Å². The third kappa shape index (κ3) is 3.42. The highest BCUT2D eigenvalue weighted by atomic mass is 16.2. The molecule has 0 aromatic heterocycles. The topological polar surface area (TPSA) is 53.2 Å². The monoisotopic (exact) mass is 117 g/mol. The van der Waals surface area contributed by atoms with Gasteiger partial charge in [-0.2, -0.15) is 0 Å². The molecule has 0 aromatic rings. The maximum atomic E-state index is 10.3. The van der Waals surface area contributed by atoms with Crippen molar-refractivity contribution >= 4 is 6.03 Å². The molecule has 4 heteroatoms. The minimum atomic E-state index is -0.216. The number of amides is 2. The van der Waals surface area contributed by atoms with Crippen LogP contribution in [0.2, 0.25) is 0 Å². The summed E-state index contributed by atoms with van der Waals surface area (Å²) in [5.74, 6) is 0. The molecule has 0 aliphatic rings. The van der Waals surface area contributed by atoms with Crippen LogP contribution < -0.4 is 16.2 Å². The van der Waals surface area contributed by atoms with Gasteiger partial charge in [0.1, 0.15) is 0 Å². The third-order valence-electron chi connectivity index (χ3n) is 0.606. The Labute approximate surface area is 48.6 Å². The summed E-state index contributed by atoms with van der Waals surface area (Å²) in [6.07, 6.45) is 0. The molecule has 3 N–H and O–H groups in total. The fourth-order valence-electron chi connectivity index (χ4n) is 0.231. The maximum absolute atomic E-state index is 10.3. The fourth-order valence-corrected chi connectivity index (χ4v) is 0.231. The van der Waals surface area contributed by atoms with Crippen LogP contribution in [-0.2, 0) is 0 Å². The minimum Gasteiger partial charge on any atom is -0.340 e. The molecular formula is C4H11N3O. The van der Waals surface area contributed by atoms with Gasteiger partial charge >= 0.3 is 6.03 Å². The van der Waals surface area contributed by atoms with Gasteiger partial charge in [0, 0.05) is 13.6 Å². The van der Waals surface area contributed by atoms with Gasteiger partial charge in [0.05, 0.1) is 0 Å². The summed E-state index contributed by atoms with van der Waals surface area (Å²) in [4.78, 5) is 10.3. The summed E-state index contributed by atoms with van der Waals surface area (Å²) >= 11 is 0. The Hall–Kier alpha value is -0.770. The average Bonchev–Trinajstić information content (AvgIpc) is 1.83. The molecular weight excluding hydrogens is 106 g/mol. The SMILES string of the molecule is CCNNC(=O)NC. The van der Waals surface area contributed by atoms with Crippen LogP contribution in [0.1, 0.15) is 6.92 Å². The zero-order chi connectivity index (χ0) is 6.41. The molecule has 0 heterocycles. The van der Waals surface area contributed by atoms with Gasteiger partial charge < -0.3 is 5.32 Å². The number of carbonyl (C=O) groups excluding carboxylic acids is 1. The Balaban J connectivity index is 2.99. The van der Waals surface area contributed by atoms with Gasteiger partial charge in [-0.1, -0.05) is 6.92 Å². The Morgan fingerprint density at radius 3 is 2.62 bits per heavy atom. The fraction of sp³-hybridized carbons (Fsp3) is 0.750. The lowest BCUT2D eigenvalue weighted by Gasteiger charge is -2.01. The van der Waals surface area contributed by atoms with E-state index in [1.807, 2.05) is 6.92 Å². The molecule has 0 aliphatic heterocycles. The number of carbonyl (C=O) groups is 1. The van der Waals surface area contributed by atoms with Crippen LogP contribution in [0.3, 0.4) is 0 Å². The highest BCUT2D eigenvalue weighted by Gasteiger charge is 1.87. The van der Waals surface area contributed by atoms with E-state index < -0.39 is 0 Å². The molecule has 8 heavy (non-hydrogen) atoms. The van der Waals surface area contributed by atoms with Gasteiger partial charge in [-0.25, -0.2) is 10.2 Å². The lowest BCUT2D eigenvalue weighted by Crippen LogP contribution is -2.42. The van der Waals surface area contributed by atoms with Crippen LogP contribution in [0.25, 0.3) is 0 Å². The van der Waals surface area contributed by atoms with Crippen LogP contribution in [0, 0.1) is 0 Å². The predicted octanol–water partition coefficient (Wildman–Crippen LogP) is -0.560. The Morgan fingerprint density at radius 2 is 2.25 bits per heavy atom. The van der Waals surface area contributed by atoms with Crippen molar-refractivity contribution < 1.29 is 4.79 Å². The molecule has 0 rings (SSSR count). The summed E-state index contributed by atoms with van der Waals surface area (Å²) in [5, 5.41) is 2.39. The highest BCUT2D eigenvalue weighted by Crippen LogP contribution is 1.52. The molecule has 0 fully saturated rings. The second kappa shape index (κ2) is 4.39. The molecule has 0 bridgehead atoms. The van der Waals surface area contributed by atoms with Crippen molar-refractivity contribution in [3.05, 3.63) is 0 Å². The second-order valence-corrected chi connectivity index (χ2v) is 1.23. The van der Waals surface area contributed by atoms with Gasteiger partial charge in [-0.15, -0.1) is 0 Å². The predicted molar refractivity (Wildman–Crippen MR) is 31.3 cm³/mol. The molecule has 0 saturated carbocycles. The normalized spacial score (nSPS) is 8.25.